The molecule has 1 N–H and O–H groups in total. The molecule has 0 aromatic heterocycles. The van der Waals surface area contributed by atoms with Crippen molar-refractivity contribution < 1.29 is 14.1 Å². The number of hydrogen-bond acceptors (Lipinski definition) is 3. The molecule has 0 saturated carbocycles. The van der Waals surface area contributed by atoms with Gasteiger partial charge >= 0.3 is 0 Å². The third kappa shape index (κ3) is 5.94. The minimum absolute atomic E-state index is 0.0201. The van der Waals surface area contributed by atoms with Crippen LogP contribution in [0.1, 0.15) is 24.8 Å². The van der Waals surface area contributed by atoms with E-state index >= 15 is 0 Å². The van der Waals surface area contributed by atoms with E-state index in [1.807, 2.05) is 19.1 Å². The summed E-state index contributed by atoms with van der Waals surface area (Å²) in [6, 6.07) is 7.35. The van der Waals surface area contributed by atoms with E-state index in [1.54, 1.807) is 18.2 Å². The molecule has 0 heterocycles. The molecule has 2 atom stereocenters. The predicted octanol–water partition coefficient (Wildman–Crippen LogP) is 2.39. The van der Waals surface area contributed by atoms with Gasteiger partial charge in [0.05, 0.1) is 22.7 Å². The second-order valence-electron chi connectivity index (χ2n) is 4.55. The Morgan fingerprint density at radius 2 is 2.05 bits per heavy atom. The van der Waals surface area contributed by atoms with Gasteiger partial charge in [-0.2, -0.15) is 0 Å². The molecule has 3 nitrogen and oxygen atoms in total. The zero-order valence-electron chi connectivity index (χ0n) is 11.2. The first-order valence-corrected chi connectivity index (χ1v) is 7.60. The normalized spacial score (nSPS) is 13.8. The highest BCUT2D eigenvalue weighted by Crippen LogP contribution is 2.11. The van der Waals surface area contributed by atoms with Crippen molar-refractivity contribution in [1.82, 2.24) is 0 Å². The number of rotatable bonds is 8. The van der Waals surface area contributed by atoms with Crippen LogP contribution in [0.2, 0.25) is 0 Å². The topological polar surface area (TPSA) is 54.4 Å². The summed E-state index contributed by atoms with van der Waals surface area (Å²) in [6.07, 6.45) is 1.89. The van der Waals surface area contributed by atoms with Crippen LogP contribution in [-0.4, -0.2) is 27.0 Å². The van der Waals surface area contributed by atoms with Gasteiger partial charge in [-0.05, 0) is 25.5 Å². The Labute approximate surface area is 116 Å². The van der Waals surface area contributed by atoms with Crippen LogP contribution in [0.15, 0.2) is 41.8 Å². The molecule has 1 aromatic rings. The molecule has 19 heavy (non-hydrogen) atoms. The van der Waals surface area contributed by atoms with Gasteiger partial charge in [-0.1, -0.05) is 23.8 Å². The maximum absolute atomic E-state index is 12.0. The number of allylic oxidation sites excluding steroid dienone is 1. The van der Waals surface area contributed by atoms with E-state index in [0.29, 0.717) is 17.7 Å². The van der Waals surface area contributed by atoms with Gasteiger partial charge in [-0.25, -0.2) is 0 Å². The van der Waals surface area contributed by atoms with Crippen molar-refractivity contribution in [3.8, 4) is 0 Å². The average molecular weight is 280 g/mol. The fourth-order valence-corrected chi connectivity index (χ4v) is 2.75. The Kier molecular flexibility index (Phi) is 6.67. The summed E-state index contributed by atoms with van der Waals surface area (Å²) >= 11 is 0. The summed E-state index contributed by atoms with van der Waals surface area (Å²) in [6.45, 7) is 5.50. The van der Waals surface area contributed by atoms with E-state index in [1.165, 1.54) is 0 Å². The van der Waals surface area contributed by atoms with Gasteiger partial charge in [-0.15, -0.1) is 6.58 Å². The Morgan fingerprint density at radius 1 is 1.42 bits per heavy atom. The van der Waals surface area contributed by atoms with Crippen LogP contribution < -0.4 is 0 Å². The molecular weight excluding hydrogens is 260 g/mol. The third-order valence-electron chi connectivity index (χ3n) is 2.72. The maximum atomic E-state index is 12.0. The molecule has 0 saturated heterocycles. The van der Waals surface area contributed by atoms with Crippen molar-refractivity contribution in [2.75, 3.05) is 5.75 Å². The van der Waals surface area contributed by atoms with Crippen LogP contribution in [0.5, 0.6) is 0 Å². The van der Waals surface area contributed by atoms with Gasteiger partial charge in [0, 0.05) is 17.7 Å². The Bertz CT molecular complexity index is 451. The molecule has 1 aromatic carbocycles. The molecule has 0 bridgehead atoms. The first-order chi connectivity index (χ1) is 9.02. The lowest BCUT2D eigenvalue weighted by molar-refractivity contribution is -0.120. The van der Waals surface area contributed by atoms with Gasteiger partial charge in [0.15, 0.2) is 0 Å². The number of aliphatic hydroxyl groups is 1. The van der Waals surface area contributed by atoms with Crippen molar-refractivity contribution in [2.45, 2.75) is 37.2 Å². The molecule has 0 aliphatic carbocycles. The SMILES string of the molecule is C=CCCC(=O)C[C@H](O)C[S@@](=O)c1ccc(C)cc1. The molecule has 1 rings (SSSR count). The molecule has 0 amide bonds. The molecule has 0 aliphatic heterocycles. The molecule has 0 radical (unpaired) electrons. The van der Waals surface area contributed by atoms with E-state index in [-0.39, 0.29) is 18.0 Å². The number of carbonyl (C=O) groups excluding carboxylic acids is 1. The fourth-order valence-electron chi connectivity index (χ4n) is 1.65. The molecule has 0 fully saturated rings. The molecule has 0 spiro atoms. The number of carbonyl (C=O) groups is 1. The van der Waals surface area contributed by atoms with Crippen molar-refractivity contribution in [1.29, 1.82) is 0 Å². The minimum atomic E-state index is -1.27. The third-order valence-corrected chi connectivity index (χ3v) is 4.20. The van der Waals surface area contributed by atoms with E-state index in [0.717, 1.165) is 5.56 Å². The summed E-state index contributed by atoms with van der Waals surface area (Å²) in [5.41, 5.74) is 1.10. The number of aryl methyl sites for hydroxylation is 1. The van der Waals surface area contributed by atoms with Crippen LogP contribution in [0.4, 0.5) is 0 Å². The summed E-state index contributed by atoms with van der Waals surface area (Å²) in [7, 11) is -1.27. The highest BCUT2D eigenvalue weighted by atomic mass is 32.2. The zero-order valence-corrected chi connectivity index (χ0v) is 12.0. The summed E-state index contributed by atoms with van der Waals surface area (Å²) in [5, 5.41) is 9.77. The largest absolute Gasteiger partial charge is 0.392 e. The van der Waals surface area contributed by atoms with Crippen LogP contribution in [0.25, 0.3) is 0 Å². The second-order valence-corrected chi connectivity index (χ2v) is 6.04. The molecular formula is C15H20O3S. The number of aliphatic hydroxyl groups excluding tert-OH is 1. The second kappa shape index (κ2) is 8.02. The van der Waals surface area contributed by atoms with E-state index in [4.69, 9.17) is 0 Å². The lowest BCUT2D eigenvalue weighted by Gasteiger charge is -2.09. The van der Waals surface area contributed by atoms with Crippen molar-refractivity contribution >= 4 is 16.6 Å². The Morgan fingerprint density at radius 3 is 2.63 bits per heavy atom. The monoisotopic (exact) mass is 280 g/mol. The van der Waals surface area contributed by atoms with Crippen LogP contribution in [-0.2, 0) is 15.6 Å². The van der Waals surface area contributed by atoms with Gasteiger partial charge < -0.3 is 5.11 Å². The lowest BCUT2D eigenvalue weighted by atomic mass is 10.1. The van der Waals surface area contributed by atoms with Crippen LogP contribution in [0, 0.1) is 6.92 Å². The van der Waals surface area contributed by atoms with Gasteiger partial charge in [0.1, 0.15) is 5.78 Å². The number of Topliss-reactive ketones (excluding diaryl/α,β-unsaturated/α-hetero) is 1. The molecule has 0 aliphatic rings. The molecule has 0 unspecified atom stereocenters. The summed E-state index contributed by atoms with van der Waals surface area (Å²) in [4.78, 5) is 12.2. The number of hydrogen-bond donors (Lipinski definition) is 1. The van der Waals surface area contributed by atoms with Crippen LogP contribution in [0.3, 0.4) is 0 Å². The zero-order chi connectivity index (χ0) is 14.3. The average Bonchev–Trinajstić information content (AvgIpc) is 2.36. The van der Waals surface area contributed by atoms with Crippen molar-refractivity contribution in [2.24, 2.45) is 0 Å². The standard InChI is InChI=1S/C15H20O3S/c1-3-4-5-13(16)10-14(17)11-19(18)15-8-6-12(2)7-9-15/h3,6-9,14,17H,1,4-5,10-11H2,2H3/t14-,19+/m0/s1. The lowest BCUT2D eigenvalue weighted by Crippen LogP contribution is -2.20. The van der Waals surface area contributed by atoms with Crippen molar-refractivity contribution in [3.63, 3.8) is 0 Å². The highest BCUT2D eigenvalue weighted by Gasteiger charge is 2.14. The minimum Gasteiger partial charge on any atom is -0.392 e. The van der Waals surface area contributed by atoms with Gasteiger partial charge in [0.2, 0.25) is 0 Å². The highest BCUT2D eigenvalue weighted by molar-refractivity contribution is 7.85. The quantitative estimate of drug-likeness (QED) is 0.744. The molecule has 104 valence electrons. The van der Waals surface area contributed by atoms with E-state index in [9.17, 15) is 14.1 Å². The summed E-state index contributed by atoms with van der Waals surface area (Å²) < 4.78 is 12.0. The van der Waals surface area contributed by atoms with Crippen LogP contribution >= 0.6 is 0 Å². The van der Waals surface area contributed by atoms with Crippen molar-refractivity contribution in [3.05, 3.63) is 42.5 Å². The maximum Gasteiger partial charge on any atom is 0.135 e. The Hall–Kier alpha value is -1.26. The number of benzene rings is 1. The summed E-state index contributed by atoms with van der Waals surface area (Å²) in [5.74, 6) is 0.0800. The van der Waals surface area contributed by atoms with E-state index in [2.05, 4.69) is 6.58 Å². The van der Waals surface area contributed by atoms with Gasteiger partial charge in [-0.3, -0.25) is 9.00 Å². The first kappa shape index (κ1) is 15.8. The smallest absolute Gasteiger partial charge is 0.135 e. The van der Waals surface area contributed by atoms with Gasteiger partial charge in [0.25, 0.3) is 0 Å². The number of ketones is 1. The Balaban J connectivity index is 2.45. The fraction of sp³-hybridized carbons (Fsp3) is 0.400. The first-order valence-electron chi connectivity index (χ1n) is 6.28. The molecule has 4 heteroatoms. The predicted molar refractivity (Wildman–Crippen MR) is 77.5 cm³/mol. The van der Waals surface area contributed by atoms with E-state index < -0.39 is 16.9 Å².